The number of rotatable bonds is 32. The fourth-order valence-corrected chi connectivity index (χ4v) is 12.0. The minimum atomic E-state index is -0.0436. The summed E-state index contributed by atoms with van der Waals surface area (Å²) in [6.45, 7) is 19.7. The molecule has 0 spiro atoms. The largest absolute Gasteiger partial charge is 0.384 e. The predicted molar refractivity (Wildman–Crippen MR) is 395 cm³/mol. The minimum absolute atomic E-state index is 0.0198. The number of hydrogen-bond donors (Lipinski definition) is 5. The number of Topliss-reactive ketones (excluding diaryl/α,β-unsaturated/α-hetero) is 1. The van der Waals surface area contributed by atoms with Gasteiger partial charge in [-0.25, -0.2) is 15.0 Å². The van der Waals surface area contributed by atoms with Crippen molar-refractivity contribution in [1.29, 1.82) is 0 Å². The molecule has 0 saturated carbocycles. The Morgan fingerprint density at radius 3 is 1.35 bits per heavy atom. The average molecular weight is 1280 g/mol. The van der Waals surface area contributed by atoms with Gasteiger partial charge >= 0.3 is 0 Å². The Bertz CT molecular complexity index is 3740. The first-order valence-electron chi connectivity index (χ1n) is 34.9. The summed E-state index contributed by atoms with van der Waals surface area (Å²) in [5, 5.41) is 15.8. The molecule has 1 aliphatic heterocycles. The Kier molecular flexibility index (Phi) is 29.4. The second-order valence-corrected chi connectivity index (χ2v) is 24.5. The molecule has 3 aromatic heterocycles. The van der Waals surface area contributed by atoms with Gasteiger partial charge in [0.15, 0.2) is 0 Å². The van der Waals surface area contributed by atoms with Gasteiger partial charge in [0, 0.05) is 146 Å². The normalized spacial score (nSPS) is 12.2. The summed E-state index contributed by atoms with van der Waals surface area (Å²) in [5.74, 6) is 0.710. The average Bonchev–Trinajstić information content (AvgIpc) is 0.922. The zero-order valence-electron chi connectivity index (χ0n) is 56.8. The number of nitrogens with one attached hydrogen (secondary N) is 4. The van der Waals surface area contributed by atoms with Crippen molar-refractivity contribution in [2.75, 3.05) is 93.7 Å². The van der Waals surface area contributed by atoms with Gasteiger partial charge in [-0.3, -0.25) is 19.2 Å². The number of likely N-dealkylation sites (tertiary alicyclic amines) is 1. The van der Waals surface area contributed by atoms with Gasteiger partial charge in [-0.15, -0.1) is 0 Å². The first kappa shape index (κ1) is 71.8. The number of fused-ring (bicyclic) bond motifs is 3. The van der Waals surface area contributed by atoms with Crippen LogP contribution in [0.1, 0.15) is 112 Å². The Morgan fingerprint density at radius 1 is 0.453 bits per heavy atom. The van der Waals surface area contributed by atoms with Crippen LogP contribution in [0, 0.1) is 11.8 Å². The van der Waals surface area contributed by atoms with Crippen LogP contribution in [0.3, 0.4) is 0 Å². The van der Waals surface area contributed by atoms with E-state index in [0.29, 0.717) is 70.9 Å². The number of para-hydroxylation sites is 3. The number of nitrogens with zero attached hydrogens (tertiary/aromatic N) is 6. The van der Waals surface area contributed by atoms with E-state index in [0.717, 1.165) is 131 Å². The molecule has 10 rings (SSSR count). The van der Waals surface area contributed by atoms with E-state index >= 15 is 0 Å². The number of anilines is 3. The molecule has 500 valence electrons. The molecule has 9 aromatic rings. The van der Waals surface area contributed by atoms with Crippen LogP contribution < -0.4 is 36.8 Å². The monoisotopic (exact) mass is 1280 g/mol. The van der Waals surface area contributed by atoms with Crippen molar-refractivity contribution in [2.45, 2.75) is 112 Å². The highest BCUT2D eigenvalue weighted by Crippen LogP contribution is 2.28. The van der Waals surface area contributed by atoms with E-state index in [1.807, 2.05) is 91.9 Å². The molecule has 3 amide bonds. The third kappa shape index (κ3) is 22.6. The molecule has 0 atom stereocenters. The van der Waals surface area contributed by atoms with Gasteiger partial charge in [0.25, 0.3) is 0 Å². The van der Waals surface area contributed by atoms with Gasteiger partial charge in [0.05, 0.1) is 33.6 Å². The number of nitrogens with two attached hydrogens (primary N) is 1. The number of carbonyl (C=O) groups is 4. The van der Waals surface area contributed by atoms with E-state index in [1.165, 1.54) is 43.4 Å². The van der Waals surface area contributed by atoms with Crippen LogP contribution in [0.5, 0.6) is 0 Å². The molecule has 4 heterocycles. The molecule has 0 unspecified atom stereocenters. The first-order valence-corrected chi connectivity index (χ1v) is 34.9. The summed E-state index contributed by atoms with van der Waals surface area (Å²) < 4.78 is 0. The van der Waals surface area contributed by atoms with E-state index in [1.54, 1.807) is 0 Å². The Balaban J connectivity index is 0.000000186. The maximum absolute atomic E-state index is 12.6. The lowest BCUT2D eigenvalue weighted by Crippen LogP contribution is -2.38. The standard InChI is InChI=1S/C32H43N3O2.C26H33N5O2.C22H25N3/c1-5-24(6-2)31(36)14-11-22-35(23-21-33-32(37)25(7-3)8-4)28-18-15-27(16-19-28)30-20-17-26-12-9-10-13-29(26)34-30;1-2-16-28-25(32)13-18-31(19-14-26(33)29-17-15-27)22-10-7-21(8-11-22)24-12-9-20-5-3-4-6-23(20)30-24;1-4-15-25(16-5-1)17-14-23-20-11-8-19(9-12-20)22-13-10-18-6-2-3-7-21(18)24-22/h9-10,12-13,15-20,24-25H,5-8,11,14,21-23H2,1-4H3,(H,33,37);3-12H,2,13-19,27H2,1H3,(H,28,32)(H,29,33);2-3,6-13,23H,1,4-5,14-17H2. The molecule has 1 saturated heterocycles. The lowest BCUT2D eigenvalue weighted by atomic mass is 9.95. The second-order valence-electron chi connectivity index (χ2n) is 24.5. The van der Waals surface area contributed by atoms with Gasteiger partial charge in [-0.05, 0) is 137 Å². The number of carbonyl (C=O) groups excluding carboxylic acids is 4. The molecule has 1 fully saturated rings. The van der Waals surface area contributed by atoms with Crippen molar-refractivity contribution in [3.63, 3.8) is 0 Å². The van der Waals surface area contributed by atoms with E-state index < -0.39 is 0 Å². The van der Waals surface area contributed by atoms with E-state index in [9.17, 15) is 19.2 Å². The minimum Gasteiger partial charge on any atom is -0.384 e. The second kappa shape index (κ2) is 39.0. The van der Waals surface area contributed by atoms with Crippen LogP contribution in [0.15, 0.2) is 182 Å². The molecular weight excluding hydrogens is 1180 g/mol. The summed E-state index contributed by atoms with van der Waals surface area (Å²) in [5.41, 5.74) is 17.8. The quantitative estimate of drug-likeness (QED) is 0.0269. The van der Waals surface area contributed by atoms with Crippen LogP contribution in [-0.2, 0) is 19.2 Å². The number of piperidine rings is 1. The third-order valence-corrected chi connectivity index (χ3v) is 17.8. The van der Waals surface area contributed by atoms with Gasteiger partial charge in [0.2, 0.25) is 17.7 Å². The van der Waals surface area contributed by atoms with E-state index in [-0.39, 0.29) is 29.6 Å². The lowest BCUT2D eigenvalue weighted by molar-refractivity contribution is -0.125. The summed E-state index contributed by atoms with van der Waals surface area (Å²) in [6.07, 6.45) is 10.7. The Hall–Kier alpha value is -9.05. The number of aromatic nitrogens is 3. The molecule has 15 nitrogen and oxygen atoms in total. The maximum Gasteiger partial charge on any atom is 0.223 e. The number of hydrogen-bond acceptors (Lipinski definition) is 12. The molecule has 6 aromatic carbocycles. The van der Waals surface area contributed by atoms with Crippen molar-refractivity contribution in [1.82, 2.24) is 35.8 Å². The molecule has 95 heavy (non-hydrogen) atoms. The summed E-state index contributed by atoms with van der Waals surface area (Å²) >= 11 is 0. The fourth-order valence-electron chi connectivity index (χ4n) is 12.0. The van der Waals surface area contributed by atoms with Crippen LogP contribution in [0.2, 0.25) is 0 Å². The summed E-state index contributed by atoms with van der Waals surface area (Å²) in [4.78, 5) is 70.5. The van der Waals surface area contributed by atoms with E-state index in [2.05, 4.69) is 161 Å². The van der Waals surface area contributed by atoms with Crippen molar-refractivity contribution in [3.05, 3.63) is 182 Å². The molecular formula is C80H101N11O4. The Labute approximate surface area is 564 Å². The number of benzene rings is 6. The summed E-state index contributed by atoms with van der Waals surface area (Å²) in [6, 6.07) is 62.1. The van der Waals surface area contributed by atoms with E-state index in [4.69, 9.17) is 20.7 Å². The lowest BCUT2D eigenvalue weighted by Gasteiger charge is -2.26. The van der Waals surface area contributed by atoms with Crippen LogP contribution in [0.4, 0.5) is 17.1 Å². The fraction of sp³-hybridized carbons (Fsp3) is 0.388. The molecule has 0 bridgehead atoms. The Morgan fingerprint density at radius 2 is 0.895 bits per heavy atom. The van der Waals surface area contributed by atoms with Gasteiger partial charge in [-0.1, -0.05) is 150 Å². The highest BCUT2D eigenvalue weighted by atomic mass is 16.2. The zero-order chi connectivity index (χ0) is 67.0. The number of amides is 3. The van der Waals surface area contributed by atoms with Crippen LogP contribution in [-0.4, -0.2) is 122 Å². The van der Waals surface area contributed by atoms with Crippen molar-refractivity contribution in [3.8, 4) is 33.8 Å². The number of pyridine rings is 3. The topological polar surface area (TPSA) is 191 Å². The van der Waals surface area contributed by atoms with Gasteiger partial charge in [-0.2, -0.15) is 0 Å². The number of ketones is 1. The highest BCUT2D eigenvalue weighted by Gasteiger charge is 2.19. The molecule has 1 aliphatic rings. The van der Waals surface area contributed by atoms with Gasteiger partial charge < -0.3 is 41.7 Å². The molecule has 15 heteroatoms. The molecule has 6 N–H and O–H groups in total. The molecule has 0 radical (unpaired) electrons. The van der Waals surface area contributed by atoms with Gasteiger partial charge in [0.1, 0.15) is 5.78 Å². The van der Waals surface area contributed by atoms with Crippen LogP contribution in [0.25, 0.3) is 66.5 Å². The first-order chi connectivity index (χ1) is 46.5. The summed E-state index contributed by atoms with van der Waals surface area (Å²) in [7, 11) is 0. The van der Waals surface area contributed by atoms with Crippen molar-refractivity contribution >= 4 is 73.3 Å². The SMILES string of the molecule is CCC(CC)C(=O)CCCN(CCNC(=O)C(CC)CC)c1ccc(-c2ccc3ccccc3n2)cc1.CCCNC(=O)CCN(CCC(=O)NCCN)c1ccc(-c2ccc3ccccc3n2)cc1.c1ccc2nc(-c3ccc(NCCN4CCCCC4)cc3)ccc2c1. The van der Waals surface area contributed by atoms with Crippen molar-refractivity contribution < 1.29 is 19.2 Å². The zero-order valence-corrected chi connectivity index (χ0v) is 56.8. The van der Waals surface area contributed by atoms with Crippen molar-refractivity contribution in [2.24, 2.45) is 17.6 Å². The highest BCUT2D eigenvalue weighted by molar-refractivity contribution is 5.85. The molecule has 0 aliphatic carbocycles. The smallest absolute Gasteiger partial charge is 0.223 e. The third-order valence-electron chi connectivity index (χ3n) is 17.8. The maximum atomic E-state index is 12.6. The van der Waals surface area contributed by atoms with Crippen LogP contribution >= 0.6 is 0 Å². The predicted octanol–water partition coefficient (Wildman–Crippen LogP) is 14.9.